The van der Waals surface area contributed by atoms with E-state index in [1.807, 2.05) is 19.9 Å². The van der Waals surface area contributed by atoms with E-state index in [1.54, 1.807) is 0 Å². The molecule has 88 valence electrons. The van der Waals surface area contributed by atoms with Gasteiger partial charge in [-0.1, -0.05) is 11.8 Å². The monoisotopic (exact) mass is 241 g/mol. The van der Waals surface area contributed by atoms with Crippen LogP contribution < -0.4 is 5.32 Å². The van der Waals surface area contributed by atoms with Gasteiger partial charge >= 0.3 is 0 Å². The minimum atomic E-state index is -0.123. The van der Waals surface area contributed by atoms with Crippen LogP contribution in [0, 0.1) is 13.8 Å². The fourth-order valence-corrected chi connectivity index (χ4v) is 1.91. The number of hydrogen-bond acceptors (Lipinski definition) is 5. The van der Waals surface area contributed by atoms with E-state index >= 15 is 0 Å². The number of amides is 1. The molecule has 1 amide bonds. The van der Waals surface area contributed by atoms with E-state index < -0.39 is 0 Å². The van der Waals surface area contributed by atoms with Crippen molar-refractivity contribution in [1.29, 1.82) is 0 Å². The Labute approximate surface area is 98.7 Å². The number of carbonyl (C=O) groups excluding carboxylic acids is 1. The lowest BCUT2D eigenvalue weighted by molar-refractivity contribution is -0.118. The van der Waals surface area contributed by atoms with Crippen molar-refractivity contribution in [3.63, 3.8) is 0 Å². The predicted octanol–water partition coefficient (Wildman–Crippen LogP) is 0.294. The van der Waals surface area contributed by atoms with E-state index in [4.69, 9.17) is 5.11 Å². The largest absolute Gasteiger partial charge is 0.395 e. The van der Waals surface area contributed by atoms with Crippen LogP contribution in [-0.2, 0) is 4.79 Å². The molecule has 0 aromatic carbocycles. The highest BCUT2D eigenvalue weighted by Gasteiger charge is 2.05. The van der Waals surface area contributed by atoms with Crippen LogP contribution in [0.15, 0.2) is 11.2 Å². The molecule has 0 unspecified atom stereocenters. The summed E-state index contributed by atoms with van der Waals surface area (Å²) in [6, 6.07) is 1.88. The Balaban J connectivity index is 2.45. The second-order valence-corrected chi connectivity index (χ2v) is 4.24. The van der Waals surface area contributed by atoms with Gasteiger partial charge < -0.3 is 10.4 Å². The van der Waals surface area contributed by atoms with Gasteiger partial charge in [-0.05, 0) is 19.9 Å². The van der Waals surface area contributed by atoms with Gasteiger partial charge in [0.1, 0.15) is 0 Å². The maximum absolute atomic E-state index is 11.2. The number of aryl methyl sites for hydroxylation is 2. The van der Waals surface area contributed by atoms with E-state index in [1.165, 1.54) is 11.8 Å². The summed E-state index contributed by atoms with van der Waals surface area (Å²) in [7, 11) is 0. The highest BCUT2D eigenvalue weighted by Crippen LogP contribution is 2.13. The number of carbonyl (C=O) groups is 1. The molecule has 0 aliphatic heterocycles. The SMILES string of the molecule is Cc1cc(C)nc(SCC(=O)NCCO)n1. The Morgan fingerprint density at radius 2 is 2.06 bits per heavy atom. The van der Waals surface area contributed by atoms with E-state index in [0.717, 1.165) is 11.4 Å². The molecule has 0 aliphatic rings. The van der Waals surface area contributed by atoms with Crippen molar-refractivity contribution >= 4 is 17.7 Å². The van der Waals surface area contributed by atoms with Gasteiger partial charge in [-0.25, -0.2) is 9.97 Å². The van der Waals surface area contributed by atoms with Gasteiger partial charge in [0, 0.05) is 17.9 Å². The summed E-state index contributed by atoms with van der Waals surface area (Å²) in [6.07, 6.45) is 0. The first-order chi connectivity index (χ1) is 7.61. The highest BCUT2D eigenvalue weighted by atomic mass is 32.2. The fraction of sp³-hybridized carbons (Fsp3) is 0.500. The quantitative estimate of drug-likeness (QED) is 0.572. The van der Waals surface area contributed by atoms with Crippen molar-refractivity contribution in [2.45, 2.75) is 19.0 Å². The van der Waals surface area contributed by atoms with Crippen LogP contribution in [0.2, 0.25) is 0 Å². The molecule has 0 atom stereocenters. The predicted molar refractivity (Wildman–Crippen MR) is 62.3 cm³/mol. The molecule has 6 heteroatoms. The molecule has 0 aliphatic carbocycles. The van der Waals surface area contributed by atoms with Crippen molar-refractivity contribution in [1.82, 2.24) is 15.3 Å². The zero-order valence-electron chi connectivity index (χ0n) is 9.36. The van der Waals surface area contributed by atoms with Crippen molar-refractivity contribution in [3.05, 3.63) is 17.5 Å². The van der Waals surface area contributed by atoms with E-state index in [-0.39, 0.29) is 24.8 Å². The van der Waals surface area contributed by atoms with Crippen molar-refractivity contribution < 1.29 is 9.90 Å². The Morgan fingerprint density at radius 3 is 2.62 bits per heavy atom. The molecule has 0 saturated heterocycles. The fourth-order valence-electron chi connectivity index (χ4n) is 1.13. The Hall–Kier alpha value is -1.14. The van der Waals surface area contributed by atoms with Crippen LogP contribution in [0.5, 0.6) is 0 Å². The number of thioether (sulfide) groups is 1. The summed E-state index contributed by atoms with van der Waals surface area (Å²) < 4.78 is 0. The minimum absolute atomic E-state index is 0.0452. The summed E-state index contributed by atoms with van der Waals surface area (Å²) in [5.74, 6) is 0.143. The lowest BCUT2D eigenvalue weighted by atomic mass is 10.4. The van der Waals surface area contributed by atoms with Crippen LogP contribution in [0.1, 0.15) is 11.4 Å². The van der Waals surface area contributed by atoms with Crippen molar-refractivity contribution in [2.24, 2.45) is 0 Å². The lowest BCUT2D eigenvalue weighted by Crippen LogP contribution is -2.27. The van der Waals surface area contributed by atoms with Gasteiger partial charge in [0.05, 0.1) is 12.4 Å². The molecule has 1 heterocycles. The molecule has 0 fully saturated rings. The average Bonchev–Trinajstić information content (AvgIpc) is 2.22. The summed E-state index contributed by atoms with van der Waals surface area (Å²) in [5.41, 5.74) is 1.79. The van der Waals surface area contributed by atoms with Crippen LogP contribution in [0.25, 0.3) is 0 Å². The first-order valence-corrected chi connectivity index (χ1v) is 5.93. The Morgan fingerprint density at radius 1 is 1.44 bits per heavy atom. The van der Waals surface area contributed by atoms with Crippen LogP contribution in [-0.4, -0.2) is 39.9 Å². The smallest absolute Gasteiger partial charge is 0.230 e. The first-order valence-electron chi connectivity index (χ1n) is 4.94. The summed E-state index contributed by atoms with van der Waals surface area (Å²) in [6.45, 7) is 4.03. The molecule has 5 nitrogen and oxygen atoms in total. The highest BCUT2D eigenvalue weighted by molar-refractivity contribution is 7.99. The van der Waals surface area contributed by atoms with Gasteiger partial charge in [0.2, 0.25) is 5.91 Å². The number of aliphatic hydroxyl groups excluding tert-OH is 1. The third-order valence-corrected chi connectivity index (χ3v) is 2.58. The normalized spacial score (nSPS) is 10.2. The third kappa shape index (κ3) is 4.59. The standard InChI is InChI=1S/C10H15N3O2S/c1-7-5-8(2)13-10(12-7)16-6-9(15)11-3-4-14/h5,14H,3-4,6H2,1-2H3,(H,11,15). The molecule has 1 rings (SSSR count). The first kappa shape index (κ1) is 12.9. The van der Waals surface area contributed by atoms with E-state index in [0.29, 0.717) is 5.16 Å². The number of nitrogens with zero attached hydrogens (tertiary/aromatic N) is 2. The second-order valence-electron chi connectivity index (χ2n) is 3.30. The number of hydrogen-bond donors (Lipinski definition) is 2. The summed E-state index contributed by atoms with van der Waals surface area (Å²) >= 11 is 1.29. The summed E-state index contributed by atoms with van der Waals surface area (Å²) in [5, 5.41) is 11.7. The van der Waals surface area contributed by atoms with Crippen molar-refractivity contribution in [2.75, 3.05) is 18.9 Å². The Kier molecular flexibility index (Phi) is 5.21. The van der Waals surface area contributed by atoms with Gasteiger partial charge in [-0.2, -0.15) is 0 Å². The molecular weight excluding hydrogens is 226 g/mol. The lowest BCUT2D eigenvalue weighted by Gasteiger charge is -2.03. The van der Waals surface area contributed by atoms with Gasteiger partial charge in [0.25, 0.3) is 0 Å². The van der Waals surface area contributed by atoms with Gasteiger partial charge in [-0.3, -0.25) is 4.79 Å². The molecule has 0 bridgehead atoms. The molecule has 1 aromatic rings. The molecule has 1 aromatic heterocycles. The Bertz CT molecular complexity index is 351. The van der Waals surface area contributed by atoms with E-state index in [9.17, 15) is 4.79 Å². The minimum Gasteiger partial charge on any atom is -0.395 e. The van der Waals surface area contributed by atoms with Crippen molar-refractivity contribution in [3.8, 4) is 0 Å². The number of aliphatic hydroxyl groups is 1. The van der Waals surface area contributed by atoms with Gasteiger partial charge in [-0.15, -0.1) is 0 Å². The second kappa shape index (κ2) is 6.44. The molecule has 0 saturated carbocycles. The van der Waals surface area contributed by atoms with Crippen LogP contribution in [0.3, 0.4) is 0 Å². The molecule has 0 radical (unpaired) electrons. The zero-order valence-corrected chi connectivity index (χ0v) is 10.2. The maximum atomic E-state index is 11.2. The molecule has 2 N–H and O–H groups in total. The van der Waals surface area contributed by atoms with Crippen LogP contribution >= 0.6 is 11.8 Å². The third-order valence-electron chi connectivity index (χ3n) is 1.73. The topological polar surface area (TPSA) is 75.1 Å². The molecule has 16 heavy (non-hydrogen) atoms. The maximum Gasteiger partial charge on any atom is 0.230 e. The zero-order chi connectivity index (χ0) is 12.0. The molecule has 0 spiro atoms. The van der Waals surface area contributed by atoms with Crippen LogP contribution in [0.4, 0.5) is 0 Å². The number of rotatable bonds is 5. The number of aromatic nitrogens is 2. The summed E-state index contributed by atoms with van der Waals surface area (Å²) in [4.78, 5) is 19.7. The van der Waals surface area contributed by atoms with Gasteiger partial charge in [0.15, 0.2) is 5.16 Å². The van der Waals surface area contributed by atoms with E-state index in [2.05, 4.69) is 15.3 Å². The molecular formula is C10H15N3O2S. The average molecular weight is 241 g/mol. The number of nitrogens with one attached hydrogen (secondary N) is 1.